The van der Waals surface area contributed by atoms with Crippen LogP contribution in [0.4, 0.5) is 11.4 Å². The van der Waals surface area contributed by atoms with Crippen LogP contribution in [0.1, 0.15) is 32.0 Å². The minimum atomic E-state index is -0.310. The Bertz CT molecular complexity index is 1600. The number of para-hydroxylation sites is 3. The molecule has 2 amide bonds. The van der Waals surface area contributed by atoms with Crippen molar-refractivity contribution in [3.8, 4) is 5.75 Å². The van der Waals surface area contributed by atoms with Crippen LogP contribution >= 0.6 is 0 Å². The molecule has 0 aliphatic carbocycles. The lowest BCUT2D eigenvalue weighted by molar-refractivity contribution is 0.0944. The number of amides is 2. The molecule has 194 valence electrons. The number of nitrogens with zero attached hydrogens (tertiary/aromatic N) is 1. The highest BCUT2D eigenvalue weighted by molar-refractivity contribution is 6.05. The molecule has 5 aromatic rings. The number of carbonyl (C=O) groups excluding carboxylic acids is 2. The quantitative estimate of drug-likeness (QED) is 0.221. The molecule has 4 N–H and O–H groups in total. The fraction of sp³-hybridized carbons (Fsp3) is 0.0938. The predicted octanol–water partition coefficient (Wildman–Crippen LogP) is 5.62. The molecule has 0 radical (unpaired) electrons. The fourth-order valence-corrected chi connectivity index (χ4v) is 4.15. The molecule has 0 aliphatic rings. The number of nitrogen functional groups attached to an aromatic ring is 1. The van der Waals surface area contributed by atoms with Crippen LogP contribution in [0.15, 0.2) is 109 Å². The van der Waals surface area contributed by atoms with Gasteiger partial charge in [-0.1, -0.05) is 66.7 Å². The lowest BCUT2D eigenvalue weighted by Crippen LogP contribution is -2.24. The molecule has 0 fully saturated rings. The monoisotopic (exact) mass is 516 g/mol. The summed E-state index contributed by atoms with van der Waals surface area (Å²) in [7, 11) is 0. The van der Waals surface area contributed by atoms with E-state index in [2.05, 4.69) is 27.8 Å². The van der Waals surface area contributed by atoms with E-state index in [9.17, 15) is 9.59 Å². The van der Waals surface area contributed by atoms with Gasteiger partial charge < -0.3 is 21.1 Å². The minimum Gasteiger partial charge on any atom is -0.492 e. The number of rotatable bonds is 9. The smallest absolute Gasteiger partial charge is 0.270 e. The summed E-state index contributed by atoms with van der Waals surface area (Å²) in [5, 5.41) is 6.57. The summed E-state index contributed by atoms with van der Waals surface area (Å²) >= 11 is 0. The molecule has 5 rings (SSSR count). The van der Waals surface area contributed by atoms with Crippen molar-refractivity contribution in [2.45, 2.75) is 13.0 Å². The van der Waals surface area contributed by atoms with Crippen LogP contribution in [-0.4, -0.2) is 23.4 Å². The molecule has 0 aliphatic heterocycles. The Morgan fingerprint density at radius 3 is 2.28 bits per heavy atom. The van der Waals surface area contributed by atoms with Gasteiger partial charge in [-0.15, -0.1) is 0 Å². The van der Waals surface area contributed by atoms with Gasteiger partial charge in [0.25, 0.3) is 11.8 Å². The Morgan fingerprint density at radius 2 is 1.49 bits per heavy atom. The maximum atomic E-state index is 13.0. The lowest BCUT2D eigenvalue weighted by atomic mass is 10.1. The zero-order valence-corrected chi connectivity index (χ0v) is 21.3. The van der Waals surface area contributed by atoms with Crippen molar-refractivity contribution < 1.29 is 14.3 Å². The van der Waals surface area contributed by atoms with Crippen molar-refractivity contribution in [3.05, 3.63) is 132 Å². The van der Waals surface area contributed by atoms with Gasteiger partial charge in [0.15, 0.2) is 0 Å². The molecule has 1 heterocycles. The van der Waals surface area contributed by atoms with E-state index >= 15 is 0 Å². The Kier molecular flexibility index (Phi) is 7.79. The van der Waals surface area contributed by atoms with Crippen LogP contribution < -0.4 is 21.1 Å². The second-order valence-corrected chi connectivity index (χ2v) is 9.03. The highest BCUT2D eigenvalue weighted by Crippen LogP contribution is 2.26. The number of ether oxygens (including phenoxy) is 1. The SMILES string of the molecule is Nc1ccccc1NC(=O)c1ccc(CNC(=O)c2cc(OCCc3ccccc3)c3ccccc3n2)cc1. The van der Waals surface area contributed by atoms with Crippen LogP contribution in [0.2, 0.25) is 0 Å². The van der Waals surface area contributed by atoms with Gasteiger partial charge in [0, 0.05) is 30.0 Å². The number of fused-ring (bicyclic) bond motifs is 1. The third-order valence-corrected chi connectivity index (χ3v) is 6.28. The number of pyridine rings is 1. The van der Waals surface area contributed by atoms with E-state index in [0.29, 0.717) is 34.8 Å². The average molecular weight is 517 g/mol. The number of nitrogens with one attached hydrogen (secondary N) is 2. The Balaban J connectivity index is 1.23. The first-order chi connectivity index (χ1) is 19.1. The summed E-state index contributed by atoms with van der Waals surface area (Å²) in [6.45, 7) is 0.765. The van der Waals surface area contributed by atoms with Crippen LogP contribution in [0.3, 0.4) is 0 Å². The summed E-state index contributed by atoms with van der Waals surface area (Å²) in [6, 6.07) is 33.5. The number of aromatic nitrogens is 1. The van der Waals surface area contributed by atoms with E-state index < -0.39 is 0 Å². The number of carbonyl (C=O) groups is 2. The van der Waals surface area contributed by atoms with Gasteiger partial charge in [-0.25, -0.2) is 4.98 Å². The molecule has 0 unspecified atom stereocenters. The molecular formula is C32H28N4O3. The molecule has 7 heteroatoms. The molecule has 39 heavy (non-hydrogen) atoms. The van der Waals surface area contributed by atoms with Gasteiger partial charge in [-0.3, -0.25) is 9.59 Å². The van der Waals surface area contributed by atoms with Crippen molar-refractivity contribution in [1.82, 2.24) is 10.3 Å². The van der Waals surface area contributed by atoms with Crippen molar-refractivity contribution in [3.63, 3.8) is 0 Å². The normalized spacial score (nSPS) is 10.7. The lowest BCUT2D eigenvalue weighted by Gasteiger charge is -2.12. The van der Waals surface area contributed by atoms with Gasteiger partial charge in [0.2, 0.25) is 0 Å². The Labute approximate surface area is 226 Å². The maximum Gasteiger partial charge on any atom is 0.270 e. The third-order valence-electron chi connectivity index (χ3n) is 6.28. The topological polar surface area (TPSA) is 106 Å². The van der Waals surface area contributed by atoms with Crippen molar-refractivity contribution in [1.29, 1.82) is 0 Å². The van der Waals surface area contributed by atoms with Gasteiger partial charge in [-0.2, -0.15) is 0 Å². The molecule has 4 aromatic carbocycles. The van der Waals surface area contributed by atoms with Gasteiger partial charge in [-0.05, 0) is 47.5 Å². The molecule has 0 spiro atoms. The van der Waals surface area contributed by atoms with Gasteiger partial charge in [0.05, 0.1) is 23.5 Å². The fourth-order valence-electron chi connectivity index (χ4n) is 4.15. The molecule has 7 nitrogen and oxygen atoms in total. The van der Waals surface area contributed by atoms with Crippen molar-refractivity contribution in [2.24, 2.45) is 0 Å². The largest absolute Gasteiger partial charge is 0.492 e. The summed E-state index contributed by atoms with van der Waals surface area (Å²) < 4.78 is 6.10. The number of benzene rings is 4. The van der Waals surface area contributed by atoms with E-state index in [1.54, 1.807) is 48.5 Å². The van der Waals surface area contributed by atoms with Crippen LogP contribution in [0.5, 0.6) is 5.75 Å². The molecule has 0 bridgehead atoms. The summed E-state index contributed by atoms with van der Waals surface area (Å²) in [5.74, 6) is 0.0507. The highest BCUT2D eigenvalue weighted by Gasteiger charge is 2.14. The van der Waals surface area contributed by atoms with Gasteiger partial charge in [0.1, 0.15) is 11.4 Å². The first kappa shape index (κ1) is 25.5. The molecular weight excluding hydrogens is 488 g/mol. The van der Waals surface area contributed by atoms with E-state index in [0.717, 1.165) is 17.4 Å². The first-order valence-corrected chi connectivity index (χ1v) is 12.7. The predicted molar refractivity (Wildman–Crippen MR) is 154 cm³/mol. The Morgan fingerprint density at radius 1 is 0.769 bits per heavy atom. The van der Waals surface area contributed by atoms with E-state index in [-0.39, 0.29) is 24.1 Å². The molecule has 1 aromatic heterocycles. The zero-order chi connectivity index (χ0) is 27.0. The van der Waals surface area contributed by atoms with E-state index in [1.165, 1.54) is 5.56 Å². The summed E-state index contributed by atoms with van der Waals surface area (Å²) in [4.78, 5) is 30.1. The third kappa shape index (κ3) is 6.40. The van der Waals surface area contributed by atoms with E-state index in [4.69, 9.17) is 10.5 Å². The van der Waals surface area contributed by atoms with Crippen LogP contribution in [-0.2, 0) is 13.0 Å². The Hall–Kier alpha value is -5.17. The maximum absolute atomic E-state index is 13.0. The number of nitrogens with two attached hydrogens (primary N) is 1. The zero-order valence-electron chi connectivity index (χ0n) is 21.3. The highest BCUT2D eigenvalue weighted by atomic mass is 16.5. The van der Waals surface area contributed by atoms with Crippen molar-refractivity contribution in [2.75, 3.05) is 17.7 Å². The van der Waals surface area contributed by atoms with E-state index in [1.807, 2.05) is 48.5 Å². The number of anilines is 2. The standard InChI is InChI=1S/C32H28N4O3/c33-26-11-5-7-13-28(26)36-31(37)24-16-14-23(15-17-24)21-34-32(38)29-20-30(25-10-4-6-12-27(25)35-29)39-19-18-22-8-2-1-3-9-22/h1-17,20H,18-19,21,33H2,(H,34,38)(H,36,37). The van der Waals surface area contributed by atoms with Crippen molar-refractivity contribution >= 4 is 34.1 Å². The number of hydrogen-bond donors (Lipinski definition) is 3. The van der Waals surface area contributed by atoms with Crippen LogP contribution in [0.25, 0.3) is 10.9 Å². The molecule has 0 saturated heterocycles. The molecule has 0 saturated carbocycles. The molecule has 0 atom stereocenters. The van der Waals surface area contributed by atoms with Crippen LogP contribution in [0, 0.1) is 0 Å². The minimum absolute atomic E-state index is 0.261. The number of hydrogen-bond acceptors (Lipinski definition) is 5. The second-order valence-electron chi connectivity index (χ2n) is 9.03. The second kappa shape index (κ2) is 11.9. The summed E-state index contributed by atoms with van der Waals surface area (Å²) in [6.07, 6.45) is 0.756. The average Bonchev–Trinajstić information content (AvgIpc) is 2.97. The summed E-state index contributed by atoms with van der Waals surface area (Å²) in [5.41, 5.74) is 10.4. The first-order valence-electron chi connectivity index (χ1n) is 12.7. The van der Waals surface area contributed by atoms with Gasteiger partial charge >= 0.3 is 0 Å².